The van der Waals surface area contributed by atoms with Crippen LogP contribution < -0.4 is 5.32 Å². The standard InChI is InChI=1S/C13H21N3S.ClH/c1-2-3-12-9-17-13(15-12)8-16-6-10-4-14-5-11(10)7-16;/h9-11,14H,2-8H2,1H3;1H/t10-,11+;. The Bertz CT molecular complexity index is 370. The van der Waals surface area contributed by atoms with Crippen LogP contribution in [-0.4, -0.2) is 36.1 Å². The summed E-state index contributed by atoms with van der Waals surface area (Å²) >= 11 is 1.84. The molecule has 0 aromatic carbocycles. The van der Waals surface area contributed by atoms with Gasteiger partial charge in [-0.3, -0.25) is 4.90 Å². The molecule has 2 aliphatic heterocycles. The second kappa shape index (κ2) is 6.33. The second-order valence-electron chi connectivity index (χ2n) is 5.36. The topological polar surface area (TPSA) is 28.2 Å². The lowest BCUT2D eigenvalue weighted by Crippen LogP contribution is -2.25. The lowest BCUT2D eigenvalue weighted by atomic mass is 10.0. The van der Waals surface area contributed by atoms with E-state index in [4.69, 9.17) is 4.98 Å². The van der Waals surface area contributed by atoms with E-state index in [1.54, 1.807) is 0 Å². The number of halogens is 1. The molecule has 102 valence electrons. The van der Waals surface area contributed by atoms with Crippen molar-refractivity contribution in [1.29, 1.82) is 0 Å². The monoisotopic (exact) mass is 287 g/mol. The van der Waals surface area contributed by atoms with Gasteiger partial charge in [-0.2, -0.15) is 0 Å². The van der Waals surface area contributed by atoms with Gasteiger partial charge in [-0.05, 0) is 31.3 Å². The Kier molecular flexibility index (Phi) is 5.01. The maximum Gasteiger partial charge on any atom is 0.107 e. The first-order chi connectivity index (χ1) is 8.35. The third-order valence-electron chi connectivity index (χ3n) is 3.93. The first-order valence-corrected chi connectivity index (χ1v) is 7.59. The van der Waals surface area contributed by atoms with Crippen LogP contribution in [0, 0.1) is 11.8 Å². The van der Waals surface area contributed by atoms with Crippen LogP contribution in [0.2, 0.25) is 0 Å². The lowest BCUT2D eigenvalue weighted by molar-refractivity contribution is 0.305. The van der Waals surface area contributed by atoms with Crippen molar-refractivity contribution in [3.63, 3.8) is 0 Å². The lowest BCUT2D eigenvalue weighted by Gasteiger charge is -2.14. The highest BCUT2D eigenvalue weighted by atomic mass is 35.5. The van der Waals surface area contributed by atoms with Gasteiger partial charge >= 0.3 is 0 Å². The van der Waals surface area contributed by atoms with Crippen LogP contribution in [0.4, 0.5) is 0 Å². The van der Waals surface area contributed by atoms with Gasteiger partial charge in [-0.15, -0.1) is 23.7 Å². The molecule has 0 spiro atoms. The van der Waals surface area contributed by atoms with Crippen molar-refractivity contribution in [2.45, 2.75) is 26.3 Å². The molecule has 18 heavy (non-hydrogen) atoms. The average molecular weight is 288 g/mol. The second-order valence-corrected chi connectivity index (χ2v) is 6.30. The van der Waals surface area contributed by atoms with Gasteiger partial charge in [-0.1, -0.05) is 13.3 Å². The largest absolute Gasteiger partial charge is 0.316 e. The van der Waals surface area contributed by atoms with Gasteiger partial charge < -0.3 is 5.32 Å². The number of hydrogen-bond acceptors (Lipinski definition) is 4. The third kappa shape index (κ3) is 3.05. The quantitative estimate of drug-likeness (QED) is 0.920. The molecule has 0 aliphatic carbocycles. The zero-order valence-electron chi connectivity index (χ0n) is 10.9. The zero-order chi connectivity index (χ0) is 11.7. The summed E-state index contributed by atoms with van der Waals surface area (Å²) < 4.78 is 0. The smallest absolute Gasteiger partial charge is 0.107 e. The van der Waals surface area contributed by atoms with Crippen molar-refractivity contribution >= 4 is 23.7 Å². The molecule has 3 heterocycles. The number of thiazole rings is 1. The van der Waals surface area contributed by atoms with E-state index in [1.165, 1.54) is 43.3 Å². The molecule has 3 nitrogen and oxygen atoms in total. The fraction of sp³-hybridized carbons (Fsp3) is 0.769. The van der Waals surface area contributed by atoms with Gasteiger partial charge in [0, 0.05) is 18.5 Å². The summed E-state index contributed by atoms with van der Waals surface area (Å²) in [6.45, 7) is 8.26. The molecule has 0 amide bonds. The van der Waals surface area contributed by atoms with Crippen LogP contribution in [0.3, 0.4) is 0 Å². The Morgan fingerprint density at radius 3 is 2.78 bits per heavy atom. The van der Waals surface area contributed by atoms with E-state index >= 15 is 0 Å². The van der Waals surface area contributed by atoms with E-state index in [9.17, 15) is 0 Å². The molecule has 2 aliphatic rings. The SMILES string of the molecule is CCCc1csc(CN2C[C@H]3CNC[C@H]3C2)n1.Cl. The number of aromatic nitrogens is 1. The van der Waals surface area contributed by atoms with E-state index < -0.39 is 0 Å². The number of aryl methyl sites for hydroxylation is 1. The van der Waals surface area contributed by atoms with Crippen LogP contribution in [0.1, 0.15) is 24.0 Å². The molecule has 1 aromatic heterocycles. The predicted molar refractivity (Wildman–Crippen MR) is 78.5 cm³/mol. The normalized spacial score (nSPS) is 27.2. The summed E-state index contributed by atoms with van der Waals surface area (Å²) in [7, 11) is 0. The molecular formula is C13H22ClN3S. The van der Waals surface area contributed by atoms with Gasteiger partial charge in [0.25, 0.3) is 0 Å². The molecule has 0 bridgehead atoms. The van der Waals surface area contributed by atoms with Gasteiger partial charge in [0.2, 0.25) is 0 Å². The maximum atomic E-state index is 4.72. The minimum absolute atomic E-state index is 0. The van der Waals surface area contributed by atoms with Crippen molar-refractivity contribution in [3.8, 4) is 0 Å². The van der Waals surface area contributed by atoms with E-state index in [2.05, 4.69) is 22.5 Å². The first-order valence-electron chi connectivity index (χ1n) is 6.71. The van der Waals surface area contributed by atoms with Crippen molar-refractivity contribution in [2.24, 2.45) is 11.8 Å². The average Bonchev–Trinajstić information content (AvgIpc) is 2.95. The maximum absolute atomic E-state index is 4.72. The molecule has 2 fully saturated rings. The summed E-state index contributed by atoms with van der Waals surface area (Å²) in [5.41, 5.74) is 1.29. The van der Waals surface area contributed by atoms with Crippen molar-refractivity contribution in [2.75, 3.05) is 26.2 Å². The summed E-state index contributed by atoms with van der Waals surface area (Å²) in [4.78, 5) is 7.31. The van der Waals surface area contributed by atoms with Crippen LogP contribution >= 0.6 is 23.7 Å². The summed E-state index contributed by atoms with van der Waals surface area (Å²) in [5, 5.41) is 7.03. The van der Waals surface area contributed by atoms with Gasteiger partial charge in [0.05, 0.1) is 12.2 Å². The fourth-order valence-corrected chi connectivity index (χ4v) is 3.94. The first kappa shape index (κ1) is 14.3. The summed E-state index contributed by atoms with van der Waals surface area (Å²) in [5.74, 6) is 1.79. The van der Waals surface area contributed by atoms with Crippen molar-refractivity contribution in [3.05, 3.63) is 16.1 Å². The highest BCUT2D eigenvalue weighted by Gasteiger charge is 2.35. The summed E-state index contributed by atoms with van der Waals surface area (Å²) in [6.07, 6.45) is 2.33. The number of likely N-dealkylation sites (tertiary alicyclic amines) is 1. The van der Waals surface area contributed by atoms with E-state index in [-0.39, 0.29) is 12.4 Å². The van der Waals surface area contributed by atoms with Crippen LogP contribution in [-0.2, 0) is 13.0 Å². The fourth-order valence-electron chi connectivity index (χ4n) is 3.07. The van der Waals surface area contributed by atoms with Crippen LogP contribution in [0.5, 0.6) is 0 Å². The van der Waals surface area contributed by atoms with Gasteiger partial charge in [0.15, 0.2) is 0 Å². The molecule has 0 saturated carbocycles. The minimum atomic E-state index is 0. The zero-order valence-corrected chi connectivity index (χ0v) is 12.5. The Morgan fingerprint density at radius 1 is 1.39 bits per heavy atom. The van der Waals surface area contributed by atoms with E-state index in [0.29, 0.717) is 0 Å². The van der Waals surface area contributed by atoms with Crippen LogP contribution in [0.25, 0.3) is 0 Å². The Morgan fingerprint density at radius 2 is 2.11 bits per heavy atom. The molecule has 1 N–H and O–H groups in total. The Labute approximate surface area is 119 Å². The Hall–Kier alpha value is -0.160. The third-order valence-corrected chi connectivity index (χ3v) is 4.81. The molecule has 5 heteroatoms. The molecule has 0 radical (unpaired) electrons. The molecule has 0 unspecified atom stereocenters. The van der Waals surface area contributed by atoms with E-state index in [1.807, 2.05) is 11.3 Å². The van der Waals surface area contributed by atoms with Crippen molar-refractivity contribution < 1.29 is 0 Å². The molecular weight excluding hydrogens is 266 g/mol. The van der Waals surface area contributed by atoms with Crippen molar-refractivity contribution in [1.82, 2.24) is 15.2 Å². The minimum Gasteiger partial charge on any atom is -0.316 e. The molecule has 3 rings (SSSR count). The molecule has 2 atom stereocenters. The Balaban J connectivity index is 0.00000120. The number of fused-ring (bicyclic) bond motifs is 1. The molecule has 2 saturated heterocycles. The van der Waals surface area contributed by atoms with Gasteiger partial charge in [-0.25, -0.2) is 4.98 Å². The number of nitrogens with zero attached hydrogens (tertiary/aromatic N) is 2. The predicted octanol–water partition coefficient (Wildman–Crippen LogP) is 2.17. The van der Waals surface area contributed by atoms with Gasteiger partial charge in [0.1, 0.15) is 5.01 Å². The number of hydrogen-bond donors (Lipinski definition) is 1. The molecule has 1 aromatic rings. The number of rotatable bonds is 4. The number of nitrogens with one attached hydrogen (secondary N) is 1. The van der Waals surface area contributed by atoms with E-state index in [0.717, 1.165) is 24.8 Å². The highest BCUT2D eigenvalue weighted by molar-refractivity contribution is 7.09. The van der Waals surface area contributed by atoms with Crippen LogP contribution in [0.15, 0.2) is 5.38 Å². The summed E-state index contributed by atoms with van der Waals surface area (Å²) in [6, 6.07) is 0. The highest BCUT2D eigenvalue weighted by Crippen LogP contribution is 2.27.